The first-order chi connectivity index (χ1) is 14.3. The normalized spacial score (nSPS) is 14.1. The molecule has 30 heavy (non-hydrogen) atoms. The number of rotatable bonds is 7. The van der Waals surface area contributed by atoms with Crippen molar-refractivity contribution in [2.45, 2.75) is 44.4 Å². The number of aryl methyl sites for hydroxylation is 1. The standard InChI is InChI=1S/C20H19ClF3N5O/c21-15-3-1-2-13(8-15)11-28-12-16(10-25-28)26-19(30)6-7-29-17(14-4-5-14)9-18(27-29)20(22,23)24/h1-3,8-10,12,14H,4-7,11H2,(H,26,30). The molecule has 0 unspecified atom stereocenters. The van der Waals surface area contributed by atoms with Gasteiger partial charge in [-0.25, -0.2) is 0 Å². The number of nitrogens with zero attached hydrogens (tertiary/aromatic N) is 4. The van der Waals surface area contributed by atoms with Crippen LogP contribution in [0.25, 0.3) is 0 Å². The molecule has 1 aliphatic rings. The Morgan fingerprint density at radius 3 is 2.77 bits per heavy atom. The van der Waals surface area contributed by atoms with Gasteiger partial charge in [0.15, 0.2) is 5.69 Å². The van der Waals surface area contributed by atoms with Gasteiger partial charge in [-0.15, -0.1) is 0 Å². The molecule has 0 bridgehead atoms. The van der Waals surface area contributed by atoms with Crippen molar-refractivity contribution in [2.75, 3.05) is 5.32 Å². The van der Waals surface area contributed by atoms with Gasteiger partial charge in [0.05, 0.1) is 18.4 Å². The van der Waals surface area contributed by atoms with Gasteiger partial charge >= 0.3 is 6.18 Å². The van der Waals surface area contributed by atoms with Crippen LogP contribution in [0.2, 0.25) is 5.02 Å². The Bertz CT molecular complexity index is 1050. The Hall–Kier alpha value is -2.81. The van der Waals surface area contributed by atoms with Crippen LogP contribution in [0.1, 0.15) is 42.1 Å². The van der Waals surface area contributed by atoms with E-state index in [-0.39, 0.29) is 24.8 Å². The minimum absolute atomic E-state index is 0.0121. The third-order valence-electron chi connectivity index (χ3n) is 4.80. The number of halogens is 4. The lowest BCUT2D eigenvalue weighted by Gasteiger charge is -2.07. The Labute approximate surface area is 175 Å². The highest BCUT2D eigenvalue weighted by molar-refractivity contribution is 6.30. The molecule has 1 aliphatic carbocycles. The van der Waals surface area contributed by atoms with E-state index in [9.17, 15) is 18.0 Å². The molecule has 0 spiro atoms. The summed E-state index contributed by atoms with van der Waals surface area (Å²) in [6.07, 6.45) is 0.423. The predicted molar refractivity (Wildman–Crippen MR) is 105 cm³/mol. The Morgan fingerprint density at radius 1 is 1.27 bits per heavy atom. The fourth-order valence-electron chi connectivity index (χ4n) is 3.22. The number of benzene rings is 1. The topological polar surface area (TPSA) is 64.7 Å². The molecule has 1 aromatic carbocycles. The summed E-state index contributed by atoms with van der Waals surface area (Å²) in [5.41, 5.74) is 1.12. The molecule has 0 radical (unpaired) electrons. The monoisotopic (exact) mass is 437 g/mol. The number of anilines is 1. The summed E-state index contributed by atoms with van der Waals surface area (Å²) in [5, 5.41) is 11.2. The van der Waals surface area contributed by atoms with Crippen molar-refractivity contribution < 1.29 is 18.0 Å². The van der Waals surface area contributed by atoms with Crippen LogP contribution in [0, 0.1) is 0 Å². The second-order valence-corrected chi connectivity index (χ2v) is 7.74. The third kappa shape index (κ3) is 5.02. The van der Waals surface area contributed by atoms with E-state index in [0.29, 0.717) is 22.9 Å². The second-order valence-electron chi connectivity index (χ2n) is 7.30. The highest BCUT2D eigenvalue weighted by atomic mass is 35.5. The molecule has 10 heteroatoms. The first-order valence-electron chi connectivity index (χ1n) is 9.49. The van der Waals surface area contributed by atoms with Crippen LogP contribution in [0.3, 0.4) is 0 Å². The van der Waals surface area contributed by atoms with Gasteiger partial charge in [-0.05, 0) is 36.6 Å². The van der Waals surface area contributed by atoms with Gasteiger partial charge in [0.1, 0.15) is 0 Å². The summed E-state index contributed by atoms with van der Waals surface area (Å²) >= 11 is 5.98. The third-order valence-corrected chi connectivity index (χ3v) is 5.03. The molecule has 6 nitrogen and oxygen atoms in total. The summed E-state index contributed by atoms with van der Waals surface area (Å²) in [4.78, 5) is 12.3. The largest absolute Gasteiger partial charge is 0.435 e. The molecule has 4 rings (SSSR count). The van der Waals surface area contributed by atoms with Crippen LogP contribution in [0.4, 0.5) is 18.9 Å². The molecule has 1 N–H and O–H groups in total. The van der Waals surface area contributed by atoms with Crippen molar-refractivity contribution in [3.8, 4) is 0 Å². The van der Waals surface area contributed by atoms with Crippen molar-refractivity contribution in [3.63, 3.8) is 0 Å². The van der Waals surface area contributed by atoms with Crippen LogP contribution in [-0.2, 0) is 24.1 Å². The Kier molecular flexibility index (Phi) is 5.55. The maximum Gasteiger partial charge on any atom is 0.435 e. The summed E-state index contributed by atoms with van der Waals surface area (Å²) in [6.45, 7) is 0.582. The van der Waals surface area contributed by atoms with Gasteiger partial charge in [-0.1, -0.05) is 23.7 Å². The van der Waals surface area contributed by atoms with Gasteiger partial charge in [-0.3, -0.25) is 14.2 Å². The predicted octanol–water partition coefficient (Wildman–Crippen LogP) is 4.71. The highest BCUT2D eigenvalue weighted by Gasteiger charge is 2.37. The van der Waals surface area contributed by atoms with Gasteiger partial charge in [-0.2, -0.15) is 23.4 Å². The first-order valence-corrected chi connectivity index (χ1v) is 9.87. The fourth-order valence-corrected chi connectivity index (χ4v) is 3.44. The van der Waals surface area contributed by atoms with E-state index in [1.54, 1.807) is 16.9 Å². The molecular formula is C20H19ClF3N5O. The number of amides is 1. The highest BCUT2D eigenvalue weighted by Crippen LogP contribution is 2.42. The van der Waals surface area contributed by atoms with E-state index >= 15 is 0 Å². The van der Waals surface area contributed by atoms with E-state index in [2.05, 4.69) is 15.5 Å². The molecule has 2 heterocycles. The molecule has 2 aromatic heterocycles. The van der Waals surface area contributed by atoms with Crippen LogP contribution in [-0.4, -0.2) is 25.5 Å². The van der Waals surface area contributed by atoms with Crippen LogP contribution in [0.15, 0.2) is 42.7 Å². The fraction of sp³-hybridized carbons (Fsp3) is 0.350. The molecule has 1 saturated carbocycles. The lowest BCUT2D eigenvalue weighted by atomic mass is 10.2. The van der Waals surface area contributed by atoms with Crippen molar-refractivity contribution in [1.82, 2.24) is 19.6 Å². The quantitative estimate of drug-likeness (QED) is 0.582. The van der Waals surface area contributed by atoms with Crippen molar-refractivity contribution in [2.24, 2.45) is 0 Å². The SMILES string of the molecule is O=C(CCn1nc(C(F)(F)F)cc1C1CC1)Nc1cnn(Cc2cccc(Cl)c2)c1. The minimum Gasteiger partial charge on any atom is -0.323 e. The summed E-state index contributed by atoms with van der Waals surface area (Å²) in [5.74, 6) is -0.218. The van der Waals surface area contributed by atoms with Gasteiger partial charge in [0.2, 0.25) is 5.91 Å². The summed E-state index contributed by atoms with van der Waals surface area (Å²) < 4.78 is 41.9. The van der Waals surface area contributed by atoms with Crippen LogP contribution < -0.4 is 5.32 Å². The van der Waals surface area contributed by atoms with Crippen molar-refractivity contribution >= 4 is 23.2 Å². The molecule has 1 amide bonds. The van der Waals surface area contributed by atoms with E-state index in [1.165, 1.54) is 10.9 Å². The molecular weight excluding hydrogens is 419 g/mol. The summed E-state index contributed by atoms with van der Waals surface area (Å²) in [6, 6.07) is 8.47. The van der Waals surface area contributed by atoms with E-state index in [0.717, 1.165) is 24.5 Å². The van der Waals surface area contributed by atoms with Crippen molar-refractivity contribution in [3.05, 3.63) is 64.7 Å². The number of carbonyl (C=O) groups is 1. The van der Waals surface area contributed by atoms with Crippen LogP contribution >= 0.6 is 11.6 Å². The smallest absolute Gasteiger partial charge is 0.323 e. The van der Waals surface area contributed by atoms with E-state index in [1.807, 2.05) is 18.2 Å². The molecule has 3 aromatic rings. The number of nitrogens with one attached hydrogen (secondary N) is 1. The molecule has 0 atom stereocenters. The average molecular weight is 438 g/mol. The van der Waals surface area contributed by atoms with Gasteiger partial charge < -0.3 is 5.32 Å². The van der Waals surface area contributed by atoms with Crippen molar-refractivity contribution in [1.29, 1.82) is 0 Å². The lowest BCUT2D eigenvalue weighted by Crippen LogP contribution is -2.16. The first kappa shape index (κ1) is 20.5. The Morgan fingerprint density at radius 2 is 2.07 bits per heavy atom. The number of hydrogen-bond donors (Lipinski definition) is 1. The molecule has 0 aliphatic heterocycles. The lowest BCUT2D eigenvalue weighted by molar-refractivity contribution is -0.141. The number of carbonyl (C=O) groups excluding carboxylic acids is 1. The van der Waals surface area contributed by atoms with E-state index < -0.39 is 11.9 Å². The molecule has 0 saturated heterocycles. The number of alkyl halides is 3. The van der Waals surface area contributed by atoms with Gasteiger partial charge in [0.25, 0.3) is 0 Å². The van der Waals surface area contributed by atoms with E-state index in [4.69, 9.17) is 11.6 Å². The minimum atomic E-state index is -4.49. The molecule has 1 fully saturated rings. The van der Waals surface area contributed by atoms with Gasteiger partial charge in [0, 0.05) is 35.8 Å². The number of aromatic nitrogens is 4. The average Bonchev–Trinajstić information content (AvgIpc) is 3.26. The zero-order valence-electron chi connectivity index (χ0n) is 15.9. The summed E-state index contributed by atoms with van der Waals surface area (Å²) in [7, 11) is 0. The maximum atomic E-state index is 13.0. The van der Waals surface area contributed by atoms with Crippen LogP contribution in [0.5, 0.6) is 0 Å². The maximum absolute atomic E-state index is 13.0. The zero-order valence-corrected chi connectivity index (χ0v) is 16.6. The zero-order chi connectivity index (χ0) is 21.3. The second kappa shape index (κ2) is 8.14. The molecule has 158 valence electrons. The Balaban J connectivity index is 1.34. The number of hydrogen-bond acceptors (Lipinski definition) is 3.